The summed E-state index contributed by atoms with van der Waals surface area (Å²) in [5, 5.41) is 17.4. The van der Waals surface area contributed by atoms with Crippen LogP contribution in [0.15, 0.2) is 77.0 Å². The van der Waals surface area contributed by atoms with Gasteiger partial charge in [-0.05, 0) is 17.8 Å². The van der Waals surface area contributed by atoms with Crippen LogP contribution in [0.4, 0.5) is 0 Å². The van der Waals surface area contributed by atoms with Crippen LogP contribution in [0.2, 0.25) is 13.1 Å². The summed E-state index contributed by atoms with van der Waals surface area (Å²) in [5.41, 5.74) is 3.26. The molecule has 0 atom stereocenters. The van der Waals surface area contributed by atoms with Gasteiger partial charge in [0.05, 0.1) is 8.07 Å². The van der Waals surface area contributed by atoms with Crippen LogP contribution in [0, 0.1) is 16.9 Å². The number of aliphatic hydroxyl groups excluding tert-OH is 1. The van der Waals surface area contributed by atoms with Crippen LogP contribution in [-0.2, 0) is 24.9 Å². The van der Waals surface area contributed by atoms with E-state index in [0.717, 1.165) is 27.8 Å². The van der Waals surface area contributed by atoms with Gasteiger partial charge in [0.2, 0.25) is 0 Å². The maximum atomic E-state index is 11.5. The van der Waals surface area contributed by atoms with Crippen molar-refractivity contribution in [3.63, 3.8) is 0 Å². The van der Waals surface area contributed by atoms with E-state index in [1.54, 1.807) is 0 Å². The fourth-order valence-electron chi connectivity index (χ4n) is 5.21. The summed E-state index contributed by atoms with van der Waals surface area (Å²) in [7, 11) is -1.99. The molecule has 209 valence electrons. The Morgan fingerprint density at radius 3 is 2.27 bits per heavy atom. The van der Waals surface area contributed by atoms with Crippen molar-refractivity contribution in [3.05, 3.63) is 78.7 Å². The maximum Gasteiger partial charge on any atom is 0.164 e. The standard InChI is InChI=1S/C23H16NOSi.C11H20O2.Ir/c1-26(2)19-9-5-8-17-20(19)21-18(25-17)12-13-24-22(21)16-11-10-14-6-3-4-7-15(14)23(16)26;1-10(2,3)8(12)7-9(13)11(4,5)6;/h3-10,12-13H,1-2H3;7,12H,1-6H3;/q-1;;/b;8-7-;. The molecule has 1 aliphatic heterocycles. The van der Waals surface area contributed by atoms with E-state index in [1.165, 1.54) is 32.6 Å². The van der Waals surface area contributed by atoms with E-state index < -0.39 is 13.5 Å². The van der Waals surface area contributed by atoms with E-state index in [9.17, 15) is 9.90 Å². The van der Waals surface area contributed by atoms with Crippen LogP contribution >= 0.6 is 0 Å². The first-order valence-corrected chi connectivity index (χ1v) is 16.4. The molecule has 4 nitrogen and oxygen atoms in total. The summed E-state index contributed by atoms with van der Waals surface area (Å²) in [4.78, 5) is 16.3. The molecule has 0 spiro atoms. The molecule has 1 N–H and O–H groups in total. The zero-order valence-electron chi connectivity index (χ0n) is 24.4. The number of hydrogen-bond donors (Lipinski definition) is 1. The van der Waals surface area contributed by atoms with Gasteiger partial charge >= 0.3 is 0 Å². The zero-order valence-corrected chi connectivity index (χ0v) is 27.8. The molecule has 2 aromatic heterocycles. The summed E-state index contributed by atoms with van der Waals surface area (Å²) < 4.78 is 6.17. The number of nitrogens with zero attached hydrogens (tertiary/aromatic N) is 1. The first-order chi connectivity index (χ1) is 18.2. The Bertz CT molecular complexity index is 1780. The van der Waals surface area contributed by atoms with Crippen molar-refractivity contribution in [2.24, 2.45) is 10.8 Å². The van der Waals surface area contributed by atoms with E-state index in [2.05, 4.69) is 67.7 Å². The minimum absolute atomic E-state index is 0. The monoisotopic (exact) mass is 727 g/mol. The number of hydrogen-bond acceptors (Lipinski definition) is 4. The number of allylic oxidation sites excluding steroid dienone is 2. The average molecular weight is 727 g/mol. The fourth-order valence-corrected chi connectivity index (χ4v) is 8.58. The Kier molecular flexibility index (Phi) is 7.78. The van der Waals surface area contributed by atoms with Crippen LogP contribution < -0.4 is 10.4 Å². The minimum atomic E-state index is -1.99. The quantitative estimate of drug-likeness (QED) is 0.0829. The van der Waals surface area contributed by atoms with Crippen LogP contribution in [0.25, 0.3) is 44.0 Å². The number of aromatic nitrogens is 1. The number of furan rings is 1. The molecule has 1 radical (unpaired) electrons. The Morgan fingerprint density at radius 1 is 0.925 bits per heavy atom. The predicted molar refractivity (Wildman–Crippen MR) is 165 cm³/mol. The molecule has 0 unspecified atom stereocenters. The Balaban J connectivity index is 0.000000229. The number of fused-ring (bicyclic) bond motifs is 4. The predicted octanol–water partition coefficient (Wildman–Crippen LogP) is 7.82. The summed E-state index contributed by atoms with van der Waals surface area (Å²) in [6.45, 7) is 16.0. The van der Waals surface area contributed by atoms with Gasteiger partial charge in [-0.15, -0.1) is 22.9 Å². The van der Waals surface area contributed by atoms with E-state index in [-0.39, 0.29) is 37.1 Å². The SMILES string of the molecule is CC(C)(C)C(=O)/C=C(\O)C(C)(C)C.C[Si]1(C)c2c([c-]cc3ccccc23)-c2nccc3oc4cccc1c4c23.[Ir]. The number of benzene rings is 3. The largest absolute Gasteiger partial charge is 0.512 e. The first-order valence-electron chi connectivity index (χ1n) is 13.4. The Morgan fingerprint density at radius 2 is 1.60 bits per heavy atom. The average Bonchev–Trinajstić information content (AvgIpc) is 3.22. The number of carbonyl (C=O) groups excluding carboxylic acids is 1. The summed E-state index contributed by atoms with van der Waals surface area (Å²) in [6, 6.07) is 22.8. The van der Waals surface area contributed by atoms with Gasteiger partial charge in [0, 0.05) is 54.0 Å². The smallest absolute Gasteiger partial charge is 0.164 e. The van der Waals surface area contributed by atoms with Gasteiger partial charge in [-0.2, -0.15) is 0 Å². The van der Waals surface area contributed by atoms with Crippen LogP contribution in [0.5, 0.6) is 0 Å². The molecule has 6 rings (SSSR count). The number of aliphatic hydroxyl groups is 1. The molecule has 3 aromatic carbocycles. The van der Waals surface area contributed by atoms with Crippen LogP contribution in [0.1, 0.15) is 41.5 Å². The molecule has 0 aliphatic carbocycles. The van der Waals surface area contributed by atoms with Crippen LogP contribution in [0.3, 0.4) is 0 Å². The van der Waals surface area contributed by atoms with Crippen molar-refractivity contribution in [3.8, 4) is 11.3 Å². The Hall–Kier alpha value is -3.05. The molecule has 40 heavy (non-hydrogen) atoms. The molecule has 0 fully saturated rings. The molecule has 0 saturated carbocycles. The number of carbonyl (C=O) groups is 1. The first kappa shape index (κ1) is 29.9. The molecule has 0 amide bonds. The van der Waals surface area contributed by atoms with Gasteiger partial charge in [0.25, 0.3) is 0 Å². The molecule has 0 bridgehead atoms. The molecular formula is C34H36IrNO3Si-. The van der Waals surface area contributed by atoms with E-state index in [1.807, 2.05) is 53.8 Å². The van der Waals surface area contributed by atoms with Crippen molar-refractivity contribution < 1.29 is 34.4 Å². The molecule has 1 aliphatic rings. The van der Waals surface area contributed by atoms with Crippen molar-refractivity contribution in [1.29, 1.82) is 0 Å². The van der Waals surface area contributed by atoms with Crippen molar-refractivity contribution in [1.82, 2.24) is 4.98 Å². The zero-order chi connectivity index (χ0) is 28.3. The third kappa shape index (κ3) is 5.09. The second kappa shape index (κ2) is 10.4. The summed E-state index contributed by atoms with van der Waals surface area (Å²) >= 11 is 0. The second-order valence-electron chi connectivity index (χ2n) is 13.0. The Labute approximate surface area is 250 Å². The molecule has 3 heterocycles. The minimum Gasteiger partial charge on any atom is -0.512 e. The van der Waals surface area contributed by atoms with E-state index >= 15 is 0 Å². The van der Waals surface area contributed by atoms with Gasteiger partial charge in [-0.3, -0.25) is 4.79 Å². The summed E-state index contributed by atoms with van der Waals surface area (Å²) in [6.07, 6.45) is 3.19. The van der Waals surface area contributed by atoms with Gasteiger partial charge in [0.15, 0.2) is 5.78 Å². The third-order valence-corrected chi connectivity index (χ3v) is 11.1. The molecule has 5 aromatic rings. The third-order valence-electron chi connectivity index (χ3n) is 7.57. The van der Waals surface area contributed by atoms with E-state index in [4.69, 9.17) is 9.40 Å². The number of ketones is 1. The molecular weight excluding hydrogens is 691 g/mol. The van der Waals surface area contributed by atoms with Crippen molar-refractivity contribution >= 4 is 56.9 Å². The van der Waals surface area contributed by atoms with Gasteiger partial charge in [-0.1, -0.05) is 107 Å². The fraction of sp³-hybridized carbons (Fsp3) is 0.294. The van der Waals surface area contributed by atoms with Crippen molar-refractivity contribution in [2.75, 3.05) is 0 Å². The van der Waals surface area contributed by atoms with Gasteiger partial charge in [-0.25, -0.2) is 0 Å². The van der Waals surface area contributed by atoms with Gasteiger partial charge in [0.1, 0.15) is 16.9 Å². The second-order valence-corrected chi connectivity index (χ2v) is 17.2. The van der Waals surface area contributed by atoms with Crippen LogP contribution in [-0.4, -0.2) is 23.9 Å². The van der Waals surface area contributed by atoms with Crippen molar-refractivity contribution in [2.45, 2.75) is 54.6 Å². The molecule has 6 heteroatoms. The number of pyridine rings is 1. The van der Waals surface area contributed by atoms with Gasteiger partial charge < -0.3 is 14.5 Å². The number of rotatable bonds is 1. The summed E-state index contributed by atoms with van der Waals surface area (Å²) in [5.74, 6) is 0.104. The maximum absolute atomic E-state index is 11.5. The normalized spacial score (nSPS) is 14.3. The van der Waals surface area contributed by atoms with E-state index in [0.29, 0.717) is 0 Å². The topological polar surface area (TPSA) is 63.3 Å². The molecule has 0 saturated heterocycles.